The molecule has 3 aromatic rings. The van der Waals surface area contributed by atoms with Crippen molar-refractivity contribution < 1.29 is 18.7 Å². The Morgan fingerprint density at radius 3 is 2.63 bits per heavy atom. The zero-order valence-electron chi connectivity index (χ0n) is 22.0. The molecule has 5 rings (SSSR count). The van der Waals surface area contributed by atoms with Crippen LogP contribution in [-0.4, -0.2) is 45.2 Å². The predicted octanol–water partition coefficient (Wildman–Crippen LogP) is 4.17. The number of nitriles is 1. The largest absolute Gasteiger partial charge is 0.444 e. The number of carbonyl (C=O) groups excluding carboxylic acids is 2. The van der Waals surface area contributed by atoms with E-state index in [2.05, 4.69) is 5.32 Å². The van der Waals surface area contributed by atoms with Crippen LogP contribution in [0, 0.1) is 23.1 Å². The van der Waals surface area contributed by atoms with Gasteiger partial charge < -0.3 is 14.6 Å². The van der Waals surface area contributed by atoms with E-state index in [0.29, 0.717) is 22.7 Å². The molecule has 0 radical (unpaired) electrons. The number of rotatable bonds is 4. The number of aryl methyl sites for hydroxylation is 1. The van der Waals surface area contributed by atoms with Crippen LogP contribution in [0.25, 0.3) is 21.7 Å². The summed E-state index contributed by atoms with van der Waals surface area (Å²) in [5, 5.41) is 14.1. The molecule has 1 N–H and O–H groups in total. The Hall–Kier alpha value is -3.93. The summed E-state index contributed by atoms with van der Waals surface area (Å²) in [7, 11) is 1.66. The lowest BCUT2D eigenvalue weighted by Gasteiger charge is -2.35. The Bertz CT molecular complexity index is 1550. The molecule has 2 aliphatic rings. The molecule has 1 aliphatic heterocycles. The molecule has 1 aliphatic carbocycles. The summed E-state index contributed by atoms with van der Waals surface area (Å²) in [4.78, 5) is 40.8. The van der Waals surface area contributed by atoms with E-state index >= 15 is 4.39 Å². The van der Waals surface area contributed by atoms with Crippen LogP contribution >= 0.6 is 0 Å². The van der Waals surface area contributed by atoms with Gasteiger partial charge in [0, 0.05) is 30.3 Å². The first-order valence-electron chi connectivity index (χ1n) is 12.9. The number of carbonyl (C=O) groups is 2. The number of hydrogen-bond acceptors (Lipinski definition) is 5. The third kappa shape index (κ3) is 4.49. The SMILES string of the molecule is Cn1c(=O)c2cc(C[C@@H](C#N)NC(=O)[C@@H]3[C@H]4CC[C@H](C4)N3C(=O)OC(C)(C)C)c(F)cc2c2ccccc21. The van der Waals surface area contributed by atoms with Gasteiger partial charge in [-0.3, -0.25) is 14.5 Å². The Kier molecular flexibility index (Phi) is 6.38. The maximum atomic E-state index is 15.3. The number of fused-ring (bicyclic) bond motifs is 5. The molecule has 2 fully saturated rings. The lowest BCUT2D eigenvalue weighted by molar-refractivity contribution is -0.128. The summed E-state index contributed by atoms with van der Waals surface area (Å²) in [5.74, 6) is -1.01. The van der Waals surface area contributed by atoms with Crippen molar-refractivity contribution in [3.8, 4) is 6.07 Å². The molecule has 0 spiro atoms. The van der Waals surface area contributed by atoms with Gasteiger partial charge in [-0.05, 0) is 75.1 Å². The van der Waals surface area contributed by atoms with Gasteiger partial charge in [0.25, 0.3) is 5.56 Å². The topological polar surface area (TPSA) is 104 Å². The highest BCUT2D eigenvalue weighted by Crippen LogP contribution is 2.43. The molecule has 9 heteroatoms. The fraction of sp³-hybridized carbons (Fsp3) is 0.448. The average Bonchev–Trinajstić information content (AvgIpc) is 3.48. The van der Waals surface area contributed by atoms with Crippen molar-refractivity contribution in [1.82, 2.24) is 14.8 Å². The third-order valence-corrected chi connectivity index (χ3v) is 7.63. The molecule has 0 unspecified atom stereocenters. The zero-order chi connectivity index (χ0) is 27.4. The summed E-state index contributed by atoms with van der Waals surface area (Å²) >= 11 is 0. The first-order valence-corrected chi connectivity index (χ1v) is 12.9. The van der Waals surface area contributed by atoms with Gasteiger partial charge in [-0.25, -0.2) is 9.18 Å². The summed E-state index contributed by atoms with van der Waals surface area (Å²) in [6.07, 6.45) is 1.68. The van der Waals surface area contributed by atoms with E-state index in [9.17, 15) is 19.6 Å². The van der Waals surface area contributed by atoms with Crippen molar-refractivity contribution in [3.63, 3.8) is 0 Å². The summed E-state index contributed by atoms with van der Waals surface area (Å²) in [6.45, 7) is 5.32. The number of amides is 2. The standard InChI is InChI=1S/C29H31FN4O4/c1-29(2,3)38-28(37)34-19-10-9-16(12-19)25(34)26(35)32-18(15-31)11-17-13-22-21(14-23(17)30)20-7-5-6-8-24(20)33(4)27(22)36/h5-8,13-14,16,18-19,25H,9-12H2,1-4H3,(H,32,35)/t16-,18-,19+,25-/m0/s1. The Morgan fingerprint density at radius 2 is 1.92 bits per heavy atom. The minimum Gasteiger partial charge on any atom is -0.444 e. The Balaban J connectivity index is 1.40. The quantitative estimate of drug-likeness (QED) is 0.522. The van der Waals surface area contributed by atoms with E-state index in [4.69, 9.17) is 4.74 Å². The molecular formula is C29H31FN4O4. The normalized spacial score (nSPS) is 21.5. The minimum absolute atomic E-state index is 0.0134. The van der Waals surface area contributed by atoms with Crippen molar-refractivity contribution in [3.05, 3.63) is 58.1 Å². The van der Waals surface area contributed by atoms with Gasteiger partial charge in [0.15, 0.2) is 0 Å². The van der Waals surface area contributed by atoms with E-state index in [1.54, 1.807) is 33.9 Å². The monoisotopic (exact) mass is 518 g/mol. The second-order valence-electron chi connectivity index (χ2n) is 11.3. The summed E-state index contributed by atoms with van der Waals surface area (Å²) < 4.78 is 22.3. The molecule has 38 heavy (non-hydrogen) atoms. The smallest absolute Gasteiger partial charge is 0.411 e. The van der Waals surface area contributed by atoms with Crippen LogP contribution in [0.5, 0.6) is 0 Å². The number of ether oxygens (including phenoxy) is 1. The van der Waals surface area contributed by atoms with E-state index in [1.165, 1.54) is 21.6 Å². The molecule has 2 heterocycles. The van der Waals surface area contributed by atoms with Crippen LogP contribution in [-0.2, 0) is 23.0 Å². The van der Waals surface area contributed by atoms with Crippen molar-refractivity contribution in [1.29, 1.82) is 5.26 Å². The number of piperidine rings is 1. The maximum absolute atomic E-state index is 15.3. The number of aromatic nitrogens is 1. The van der Waals surface area contributed by atoms with Gasteiger partial charge in [-0.1, -0.05) is 18.2 Å². The molecule has 2 amide bonds. The van der Waals surface area contributed by atoms with Gasteiger partial charge in [0.1, 0.15) is 23.5 Å². The van der Waals surface area contributed by atoms with Crippen LogP contribution in [0.15, 0.2) is 41.2 Å². The molecule has 1 saturated carbocycles. The van der Waals surface area contributed by atoms with Crippen molar-refractivity contribution >= 4 is 33.7 Å². The highest BCUT2D eigenvalue weighted by molar-refractivity contribution is 6.05. The molecule has 4 atom stereocenters. The summed E-state index contributed by atoms with van der Waals surface area (Å²) in [6, 6.07) is 10.3. The zero-order valence-corrected chi connectivity index (χ0v) is 22.0. The van der Waals surface area contributed by atoms with Gasteiger partial charge in [0.05, 0.1) is 11.6 Å². The molecule has 198 valence electrons. The van der Waals surface area contributed by atoms with Crippen LogP contribution in [0.1, 0.15) is 45.6 Å². The fourth-order valence-electron chi connectivity index (χ4n) is 5.97. The van der Waals surface area contributed by atoms with Crippen LogP contribution in [0.3, 0.4) is 0 Å². The number of halogens is 1. The fourth-order valence-corrected chi connectivity index (χ4v) is 5.97. The average molecular weight is 519 g/mol. The Morgan fingerprint density at radius 1 is 1.18 bits per heavy atom. The summed E-state index contributed by atoms with van der Waals surface area (Å²) in [5.41, 5.74) is -0.119. The van der Waals surface area contributed by atoms with Gasteiger partial charge >= 0.3 is 6.09 Å². The third-order valence-electron chi connectivity index (χ3n) is 7.63. The first kappa shape index (κ1) is 25.7. The van der Waals surface area contributed by atoms with Gasteiger partial charge in [0.2, 0.25) is 5.91 Å². The van der Waals surface area contributed by atoms with Crippen molar-refractivity contribution in [2.75, 3.05) is 0 Å². The van der Waals surface area contributed by atoms with Crippen LogP contribution in [0.2, 0.25) is 0 Å². The molecular weight excluding hydrogens is 487 g/mol. The van der Waals surface area contributed by atoms with Gasteiger partial charge in [-0.2, -0.15) is 5.26 Å². The predicted molar refractivity (Wildman–Crippen MR) is 141 cm³/mol. The number of hydrogen-bond donors (Lipinski definition) is 1. The van der Waals surface area contributed by atoms with Gasteiger partial charge in [-0.15, -0.1) is 0 Å². The molecule has 8 nitrogen and oxygen atoms in total. The minimum atomic E-state index is -1.04. The van der Waals surface area contributed by atoms with Crippen LogP contribution < -0.4 is 10.9 Å². The lowest BCUT2D eigenvalue weighted by atomic mass is 9.96. The highest BCUT2D eigenvalue weighted by atomic mass is 19.1. The lowest BCUT2D eigenvalue weighted by Crippen LogP contribution is -2.55. The number of likely N-dealkylation sites (tertiary alicyclic amines) is 1. The maximum Gasteiger partial charge on any atom is 0.411 e. The number of benzene rings is 2. The first-order chi connectivity index (χ1) is 18.0. The molecule has 2 aromatic carbocycles. The van der Waals surface area contributed by atoms with E-state index in [1.807, 2.05) is 24.3 Å². The number of nitrogens with one attached hydrogen (secondary N) is 1. The van der Waals surface area contributed by atoms with E-state index in [-0.39, 0.29) is 29.5 Å². The molecule has 2 bridgehead atoms. The van der Waals surface area contributed by atoms with Crippen molar-refractivity contribution in [2.45, 2.75) is 70.2 Å². The molecule has 1 aromatic heterocycles. The number of para-hydroxylation sites is 1. The second-order valence-corrected chi connectivity index (χ2v) is 11.3. The highest BCUT2D eigenvalue weighted by Gasteiger charge is 2.52. The van der Waals surface area contributed by atoms with Crippen LogP contribution in [0.4, 0.5) is 9.18 Å². The van der Waals surface area contributed by atoms with E-state index < -0.39 is 35.5 Å². The Labute approximate surface area is 220 Å². The van der Waals surface area contributed by atoms with E-state index in [0.717, 1.165) is 18.2 Å². The van der Waals surface area contributed by atoms with Crippen molar-refractivity contribution in [2.24, 2.45) is 13.0 Å². The number of nitrogens with zero attached hydrogens (tertiary/aromatic N) is 3. The number of pyridine rings is 1. The molecule has 1 saturated heterocycles. The second kappa shape index (κ2) is 9.43.